The number of morpholine rings is 1. The van der Waals surface area contributed by atoms with Crippen LogP contribution in [0.3, 0.4) is 0 Å². The second-order valence-corrected chi connectivity index (χ2v) is 10.6. The van der Waals surface area contributed by atoms with Crippen molar-refractivity contribution in [1.82, 2.24) is 4.31 Å². The molecule has 2 aromatic carbocycles. The first-order valence-electron chi connectivity index (χ1n) is 11.9. The summed E-state index contributed by atoms with van der Waals surface area (Å²) in [6.45, 7) is 2.77. The predicted molar refractivity (Wildman–Crippen MR) is 131 cm³/mol. The minimum absolute atomic E-state index is 0.117. The molecule has 0 saturated carbocycles. The van der Waals surface area contributed by atoms with Crippen molar-refractivity contribution >= 4 is 27.3 Å². The monoisotopic (exact) mass is 487 g/mol. The normalized spacial score (nSPS) is 19.1. The Bertz CT molecular complexity index is 1050. The quantitative estimate of drug-likeness (QED) is 0.534. The highest BCUT2D eigenvalue weighted by atomic mass is 32.2. The molecule has 2 N–H and O–H groups in total. The highest BCUT2D eigenvalue weighted by Gasteiger charge is 2.27. The zero-order chi connectivity index (χ0) is 23.8. The van der Waals surface area contributed by atoms with Gasteiger partial charge in [0.2, 0.25) is 15.9 Å². The first-order valence-corrected chi connectivity index (χ1v) is 13.4. The van der Waals surface area contributed by atoms with Gasteiger partial charge in [0.25, 0.3) is 0 Å². The molecule has 1 atom stereocenters. The Morgan fingerprint density at radius 3 is 2.56 bits per heavy atom. The van der Waals surface area contributed by atoms with Crippen LogP contribution in [0.2, 0.25) is 0 Å². The number of amides is 1. The number of nitrogens with one attached hydrogen (secondary N) is 2. The molecule has 0 spiro atoms. The summed E-state index contributed by atoms with van der Waals surface area (Å²) in [4.78, 5) is 12.9. The van der Waals surface area contributed by atoms with Gasteiger partial charge >= 0.3 is 0 Å². The molecule has 0 aromatic heterocycles. The molecule has 8 nitrogen and oxygen atoms in total. The summed E-state index contributed by atoms with van der Waals surface area (Å²) >= 11 is 0. The maximum atomic E-state index is 13.1. The Kier molecular flexibility index (Phi) is 8.55. The summed E-state index contributed by atoms with van der Waals surface area (Å²) in [6.07, 6.45) is 4.00. The highest BCUT2D eigenvalue weighted by molar-refractivity contribution is 7.89. The molecule has 9 heteroatoms. The minimum atomic E-state index is -3.67. The van der Waals surface area contributed by atoms with Crippen molar-refractivity contribution in [3.63, 3.8) is 0 Å². The van der Waals surface area contributed by atoms with Crippen molar-refractivity contribution < 1.29 is 22.7 Å². The average Bonchev–Trinajstić information content (AvgIpc) is 3.38. The number of anilines is 2. The lowest BCUT2D eigenvalue weighted by Gasteiger charge is -2.26. The van der Waals surface area contributed by atoms with E-state index < -0.39 is 10.0 Å². The fourth-order valence-corrected chi connectivity index (χ4v) is 5.65. The van der Waals surface area contributed by atoms with E-state index in [-0.39, 0.29) is 16.9 Å². The molecule has 1 amide bonds. The van der Waals surface area contributed by atoms with Gasteiger partial charge in [-0.1, -0.05) is 30.3 Å². The van der Waals surface area contributed by atoms with Crippen molar-refractivity contribution in [1.29, 1.82) is 0 Å². The van der Waals surface area contributed by atoms with Gasteiger partial charge in [0.1, 0.15) is 0 Å². The third-order valence-electron chi connectivity index (χ3n) is 6.13. The van der Waals surface area contributed by atoms with E-state index in [0.29, 0.717) is 57.1 Å². The number of ether oxygens (including phenoxy) is 2. The fraction of sp³-hybridized carbons (Fsp3) is 0.480. The minimum Gasteiger partial charge on any atom is -0.381 e. The van der Waals surface area contributed by atoms with Gasteiger partial charge < -0.3 is 20.1 Å². The number of rotatable bonds is 10. The van der Waals surface area contributed by atoms with Crippen LogP contribution in [0.15, 0.2) is 53.4 Å². The van der Waals surface area contributed by atoms with Gasteiger partial charge in [-0.25, -0.2) is 8.42 Å². The van der Waals surface area contributed by atoms with Gasteiger partial charge in [-0.2, -0.15) is 4.31 Å². The zero-order valence-electron chi connectivity index (χ0n) is 19.4. The van der Waals surface area contributed by atoms with E-state index in [1.165, 1.54) is 9.87 Å². The Morgan fingerprint density at radius 2 is 1.82 bits per heavy atom. The van der Waals surface area contributed by atoms with E-state index in [9.17, 15) is 13.2 Å². The topological polar surface area (TPSA) is 97.0 Å². The second-order valence-electron chi connectivity index (χ2n) is 8.63. The largest absolute Gasteiger partial charge is 0.381 e. The predicted octanol–water partition coefficient (Wildman–Crippen LogP) is 3.26. The van der Waals surface area contributed by atoms with E-state index in [4.69, 9.17) is 9.47 Å². The Balaban J connectivity index is 1.46. The molecule has 2 aliphatic rings. The van der Waals surface area contributed by atoms with Crippen LogP contribution in [0.5, 0.6) is 0 Å². The molecule has 4 rings (SSSR count). The number of sulfonamides is 1. The van der Waals surface area contributed by atoms with Gasteiger partial charge in [-0.15, -0.1) is 0 Å². The first kappa shape index (κ1) is 24.7. The summed E-state index contributed by atoms with van der Waals surface area (Å²) in [5, 5.41) is 6.27. The van der Waals surface area contributed by atoms with Crippen LogP contribution in [0.25, 0.3) is 0 Å². The lowest BCUT2D eigenvalue weighted by Crippen LogP contribution is -2.40. The standard InChI is InChI=1S/C25H33N3O5S/c29-25(10-4-8-20-6-2-1-3-7-20)27-24-18-22(34(30,31)28-13-16-32-17-14-28)11-12-23(24)26-19-21-9-5-15-33-21/h1-3,6-7,11-12,18,21,26H,4-5,8-10,13-17,19H2,(H,27,29). The molecule has 2 aromatic rings. The number of benzene rings is 2. The Morgan fingerprint density at radius 1 is 1.03 bits per heavy atom. The highest BCUT2D eigenvalue weighted by Crippen LogP contribution is 2.28. The summed E-state index contributed by atoms with van der Waals surface area (Å²) < 4.78 is 38.7. The summed E-state index contributed by atoms with van der Waals surface area (Å²) in [6, 6.07) is 14.9. The SMILES string of the molecule is O=C(CCCc1ccccc1)Nc1cc(S(=O)(=O)N2CCOCC2)ccc1NCC1CCCO1. The molecule has 2 saturated heterocycles. The van der Waals surface area contributed by atoms with Crippen LogP contribution in [0, 0.1) is 0 Å². The van der Waals surface area contributed by atoms with Crippen LogP contribution < -0.4 is 10.6 Å². The lowest BCUT2D eigenvalue weighted by atomic mass is 10.1. The number of aryl methyl sites for hydroxylation is 1. The van der Waals surface area contributed by atoms with Crippen LogP contribution in [0.4, 0.5) is 11.4 Å². The van der Waals surface area contributed by atoms with Crippen molar-refractivity contribution in [2.75, 3.05) is 50.1 Å². The molecular weight excluding hydrogens is 454 g/mol. The van der Waals surface area contributed by atoms with Crippen LogP contribution in [0.1, 0.15) is 31.2 Å². The molecule has 0 bridgehead atoms. The molecule has 0 aliphatic carbocycles. The van der Waals surface area contributed by atoms with Gasteiger partial charge in [-0.05, 0) is 49.4 Å². The first-order chi connectivity index (χ1) is 16.5. The number of hydrogen-bond acceptors (Lipinski definition) is 6. The fourth-order valence-electron chi connectivity index (χ4n) is 4.22. The summed E-state index contributed by atoms with van der Waals surface area (Å²) in [5.41, 5.74) is 2.35. The van der Waals surface area contributed by atoms with Gasteiger partial charge in [0.05, 0.1) is 35.6 Å². The number of carbonyl (C=O) groups is 1. The van der Waals surface area contributed by atoms with Gasteiger partial charge in [0.15, 0.2) is 0 Å². The lowest BCUT2D eigenvalue weighted by molar-refractivity contribution is -0.116. The Labute approximate surface area is 201 Å². The van der Waals surface area contributed by atoms with E-state index in [1.807, 2.05) is 30.3 Å². The molecule has 2 aliphatic heterocycles. The van der Waals surface area contributed by atoms with E-state index >= 15 is 0 Å². The number of carbonyl (C=O) groups excluding carboxylic acids is 1. The average molecular weight is 488 g/mol. The van der Waals surface area contributed by atoms with E-state index in [1.54, 1.807) is 18.2 Å². The molecular formula is C25H33N3O5S. The number of hydrogen-bond donors (Lipinski definition) is 2. The third kappa shape index (κ3) is 6.56. The number of nitrogens with zero attached hydrogens (tertiary/aromatic N) is 1. The zero-order valence-corrected chi connectivity index (χ0v) is 20.2. The van der Waals surface area contributed by atoms with Crippen molar-refractivity contribution in [2.24, 2.45) is 0 Å². The molecule has 34 heavy (non-hydrogen) atoms. The summed E-state index contributed by atoms with van der Waals surface area (Å²) in [5.74, 6) is -0.142. The molecule has 184 valence electrons. The summed E-state index contributed by atoms with van der Waals surface area (Å²) in [7, 11) is -3.67. The maximum absolute atomic E-state index is 13.1. The molecule has 2 fully saturated rings. The van der Waals surface area contributed by atoms with Crippen LogP contribution in [-0.4, -0.2) is 64.2 Å². The molecule has 2 heterocycles. The van der Waals surface area contributed by atoms with E-state index in [0.717, 1.165) is 25.9 Å². The van der Waals surface area contributed by atoms with Crippen molar-refractivity contribution in [2.45, 2.75) is 43.1 Å². The van der Waals surface area contributed by atoms with Gasteiger partial charge in [0, 0.05) is 32.7 Å². The van der Waals surface area contributed by atoms with Crippen LogP contribution in [-0.2, 0) is 30.7 Å². The van der Waals surface area contributed by atoms with Crippen molar-refractivity contribution in [3.05, 3.63) is 54.1 Å². The molecule has 0 radical (unpaired) electrons. The van der Waals surface area contributed by atoms with E-state index in [2.05, 4.69) is 10.6 Å². The second kappa shape index (κ2) is 11.8. The van der Waals surface area contributed by atoms with Gasteiger partial charge in [-0.3, -0.25) is 4.79 Å². The molecule has 1 unspecified atom stereocenters. The Hall–Kier alpha value is -2.46. The smallest absolute Gasteiger partial charge is 0.243 e. The maximum Gasteiger partial charge on any atom is 0.243 e. The van der Waals surface area contributed by atoms with Crippen LogP contribution >= 0.6 is 0 Å². The van der Waals surface area contributed by atoms with Crippen molar-refractivity contribution in [3.8, 4) is 0 Å². The third-order valence-corrected chi connectivity index (χ3v) is 8.02.